The second-order valence-electron chi connectivity index (χ2n) is 12.4. The van der Waals surface area contributed by atoms with Crippen LogP contribution in [0.3, 0.4) is 0 Å². The van der Waals surface area contributed by atoms with Crippen LogP contribution < -0.4 is 15.6 Å². The number of carbonyl (C=O) groups excluding carboxylic acids is 2. The molecule has 8 heteroatoms. The topological polar surface area (TPSA) is 85.6 Å². The smallest absolute Gasteiger partial charge is 0.272 e. The van der Waals surface area contributed by atoms with E-state index in [2.05, 4.69) is 26.1 Å². The van der Waals surface area contributed by atoms with Gasteiger partial charge in [0.15, 0.2) is 11.4 Å². The molecule has 0 unspecified atom stereocenters. The average molecular weight is 557 g/mol. The number of nitrogens with zero attached hydrogens (tertiary/aromatic N) is 3. The van der Waals surface area contributed by atoms with E-state index in [1.165, 1.54) is 7.11 Å². The van der Waals surface area contributed by atoms with Crippen molar-refractivity contribution in [1.82, 2.24) is 19.4 Å². The highest BCUT2D eigenvalue weighted by Crippen LogP contribution is 2.35. The minimum atomic E-state index is -0.284. The number of aryl methyl sites for hydroxylation is 2. The number of rotatable bonds is 6. The van der Waals surface area contributed by atoms with Crippen molar-refractivity contribution < 1.29 is 14.3 Å². The number of fused-ring (bicyclic) bond motifs is 3. The van der Waals surface area contributed by atoms with Gasteiger partial charge in [-0.3, -0.25) is 14.4 Å². The molecule has 2 aromatic heterocycles. The van der Waals surface area contributed by atoms with Gasteiger partial charge in [0.25, 0.3) is 11.5 Å². The standard InChI is InChI=1S/C33H40N4O4/c1-21-11-13-22(14-12-21)20-37-25-10-8-7-9-24(25)28-27(32(37)40)30(41-6)29(35(28)5)31(39)34-23-15-17-36(18-16-23)26(38)19-33(2,3)4/h7-14,23H,15-20H2,1-6H3,(H,34,39). The van der Waals surface area contributed by atoms with Gasteiger partial charge >= 0.3 is 0 Å². The summed E-state index contributed by atoms with van der Waals surface area (Å²) < 4.78 is 9.33. The molecule has 8 nitrogen and oxygen atoms in total. The van der Waals surface area contributed by atoms with Crippen molar-refractivity contribution in [3.05, 3.63) is 75.7 Å². The number of aromatic nitrogens is 2. The van der Waals surface area contributed by atoms with Gasteiger partial charge in [0.1, 0.15) is 5.39 Å². The molecule has 4 aromatic rings. The summed E-state index contributed by atoms with van der Waals surface area (Å²) in [6, 6.07) is 15.9. The second kappa shape index (κ2) is 11.1. The number of benzene rings is 2. The Hall–Kier alpha value is -4.07. The fraction of sp³-hybridized carbons (Fsp3) is 0.424. The minimum absolute atomic E-state index is 0.0594. The number of hydrogen-bond donors (Lipinski definition) is 1. The first-order valence-electron chi connectivity index (χ1n) is 14.3. The molecule has 0 atom stereocenters. The lowest BCUT2D eigenvalue weighted by molar-refractivity contribution is -0.134. The molecule has 0 spiro atoms. The number of para-hydroxylation sites is 1. The van der Waals surface area contributed by atoms with Crippen molar-refractivity contribution in [1.29, 1.82) is 0 Å². The van der Waals surface area contributed by atoms with Gasteiger partial charge in [0.05, 0.1) is 24.7 Å². The lowest BCUT2D eigenvalue weighted by atomic mass is 9.91. The third kappa shape index (κ3) is 5.60. The minimum Gasteiger partial charge on any atom is -0.493 e. The zero-order valence-corrected chi connectivity index (χ0v) is 24.9. The summed E-state index contributed by atoms with van der Waals surface area (Å²) in [4.78, 5) is 42.4. The van der Waals surface area contributed by atoms with Crippen molar-refractivity contribution in [3.8, 4) is 5.75 Å². The highest BCUT2D eigenvalue weighted by Gasteiger charge is 2.31. The van der Waals surface area contributed by atoms with Crippen LogP contribution in [0.1, 0.15) is 61.6 Å². The number of piperidine rings is 1. The van der Waals surface area contributed by atoms with Gasteiger partial charge in [-0.25, -0.2) is 0 Å². The molecule has 0 bridgehead atoms. The number of likely N-dealkylation sites (tertiary alicyclic amines) is 1. The van der Waals surface area contributed by atoms with Gasteiger partial charge in [0, 0.05) is 38.0 Å². The van der Waals surface area contributed by atoms with Crippen LogP contribution in [0.15, 0.2) is 53.3 Å². The highest BCUT2D eigenvalue weighted by molar-refractivity contribution is 6.12. The molecular formula is C33H40N4O4. The maximum atomic E-state index is 14.1. The maximum Gasteiger partial charge on any atom is 0.272 e. The number of pyridine rings is 1. The third-order valence-electron chi connectivity index (χ3n) is 8.00. The van der Waals surface area contributed by atoms with Gasteiger partial charge in [-0.15, -0.1) is 0 Å². The molecule has 41 heavy (non-hydrogen) atoms. The Bertz CT molecular complexity index is 1670. The van der Waals surface area contributed by atoms with Crippen molar-refractivity contribution in [2.45, 2.75) is 59.5 Å². The number of hydrogen-bond acceptors (Lipinski definition) is 4. The van der Waals surface area contributed by atoms with E-state index in [1.807, 2.05) is 67.4 Å². The summed E-state index contributed by atoms with van der Waals surface area (Å²) in [6.45, 7) is 9.86. The number of nitrogens with one attached hydrogen (secondary N) is 1. The van der Waals surface area contributed by atoms with Crippen LogP contribution in [0.25, 0.3) is 21.8 Å². The van der Waals surface area contributed by atoms with Crippen LogP contribution in [0, 0.1) is 12.3 Å². The Kier molecular flexibility index (Phi) is 7.68. The quantitative estimate of drug-likeness (QED) is 0.362. The first-order chi connectivity index (χ1) is 19.5. The zero-order chi connectivity index (χ0) is 29.5. The summed E-state index contributed by atoms with van der Waals surface area (Å²) in [5.74, 6) is 0.159. The molecule has 5 rings (SSSR count). The van der Waals surface area contributed by atoms with E-state index < -0.39 is 0 Å². The van der Waals surface area contributed by atoms with E-state index in [9.17, 15) is 14.4 Å². The fourth-order valence-electron chi connectivity index (χ4n) is 5.90. The van der Waals surface area contributed by atoms with E-state index in [0.717, 1.165) is 22.0 Å². The molecule has 0 aliphatic carbocycles. The maximum absolute atomic E-state index is 14.1. The van der Waals surface area contributed by atoms with Gasteiger partial charge < -0.3 is 24.1 Å². The Labute approximate surface area is 240 Å². The van der Waals surface area contributed by atoms with Crippen LogP contribution >= 0.6 is 0 Å². The normalized spacial score (nSPS) is 14.5. The summed E-state index contributed by atoms with van der Waals surface area (Å²) in [7, 11) is 3.31. The van der Waals surface area contributed by atoms with Crippen LogP contribution in [0.2, 0.25) is 0 Å². The Morgan fingerprint density at radius 3 is 2.32 bits per heavy atom. The molecule has 1 aliphatic rings. The monoisotopic (exact) mass is 556 g/mol. The van der Waals surface area contributed by atoms with Crippen molar-refractivity contribution in [2.24, 2.45) is 12.5 Å². The van der Waals surface area contributed by atoms with Gasteiger partial charge in [-0.1, -0.05) is 68.8 Å². The predicted octanol–water partition coefficient (Wildman–Crippen LogP) is 5.02. The SMILES string of the molecule is COc1c(C(=O)NC2CCN(C(=O)CC(C)(C)C)CC2)n(C)c2c1c(=O)n(Cc1ccc(C)cc1)c1ccccc21. The lowest BCUT2D eigenvalue weighted by Gasteiger charge is -2.34. The first-order valence-corrected chi connectivity index (χ1v) is 14.3. The van der Waals surface area contributed by atoms with Gasteiger partial charge in [-0.05, 0) is 36.8 Å². The molecule has 1 N–H and O–H groups in total. The molecule has 0 saturated carbocycles. The summed E-state index contributed by atoms with van der Waals surface area (Å²) in [5, 5.41) is 4.43. The van der Waals surface area contributed by atoms with E-state index in [-0.39, 0.29) is 34.6 Å². The average Bonchev–Trinajstić information content (AvgIpc) is 3.24. The molecule has 1 fully saturated rings. The molecule has 216 valence electrons. The summed E-state index contributed by atoms with van der Waals surface area (Å²) in [6.07, 6.45) is 1.87. The van der Waals surface area contributed by atoms with Crippen molar-refractivity contribution >= 4 is 33.6 Å². The Morgan fingerprint density at radius 1 is 1.02 bits per heavy atom. The number of ether oxygens (including phenoxy) is 1. The number of methoxy groups -OCH3 is 1. The fourth-order valence-corrected chi connectivity index (χ4v) is 5.90. The van der Waals surface area contributed by atoms with Gasteiger partial charge in [0.2, 0.25) is 5.91 Å². The van der Waals surface area contributed by atoms with Crippen LogP contribution in [-0.4, -0.2) is 52.1 Å². The molecule has 0 radical (unpaired) electrons. The van der Waals surface area contributed by atoms with Crippen LogP contribution in [0.5, 0.6) is 5.75 Å². The highest BCUT2D eigenvalue weighted by atomic mass is 16.5. The second-order valence-corrected chi connectivity index (χ2v) is 12.4. The van der Waals surface area contributed by atoms with E-state index in [0.29, 0.717) is 55.5 Å². The van der Waals surface area contributed by atoms with E-state index >= 15 is 0 Å². The zero-order valence-electron chi connectivity index (χ0n) is 24.9. The van der Waals surface area contributed by atoms with E-state index in [4.69, 9.17) is 4.74 Å². The largest absolute Gasteiger partial charge is 0.493 e. The van der Waals surface area contributed by atoms with Crippen molar-refractivity contribution in [2.75, 3.05) is 20.2 Å². The molecule has 1 aliphatic heterocycles. The van der Waals surface area contributed by atoms with Crippen molar-refractivity contribution in [3.63, 3.8) is 0 Å². The Balaban J connectivity index is 1.48. The molecule has 3 heterocycles. The summed E-state index contributed by atoms with van der Waals surface area (Å²) in [5.41, 5.74) is 3.71. The third-order valence-corrected chi connectivity index (χ3v) is 8.00. The summed E-state index contributed by atoms with van der Waals surface area (Å²) >= 11 is 0. The molecule has 2 aromatic carbocycles. The van der Waals surface area contributed by atoms with E-state index in [1.54, 1.807) is 9.13 Å². The first kappa shape index (κ1) is 28.5. The molecular weight excluding hydrogens is 516 g/mol. The molecule has 2 amide bonds. The van der Waals surface area contributed by atoms with Crippen LogP contribution in [0.4, 0.5) is 0 Å². The number of carbonyl (C=O) groups is 2. The van der Waals surface area contributed by atoms with Gasteiger partial charge in [-0.2, -0.15) is 0 Å². The number of amides is 2. The van der Waals surface area contributed by atoms with Crippen LogP contribution in [-0.2, 0) is 18.4 Å². The molecule has 1 saturated heterocycles. The lowest BCUT2D eigenvalue weighted by Crippen LogP contribution is -2.47. The predicted molar refractivity (Wildman–Crippen MR) is 163 cm³/mol. The Morgan fingerprint density at radius 2 is 1.68 bits per heavy atom.